The fourth-order valence-electron chi connectivity index (χ4n) is 3.05. The second kappa shape index (κ2) is 10.8. The van der Waals surface area contributed by atoms with E-state index in [4.69, 9.17) is 21.1 Å². The van der Waals surface area contributed by atoms with E-state index in [0.29, 0.717) is 19.0 Å². The Balaban J connectivity index is 1.36. The number of rotatable bonds is 7. The van der Waals surface area contributed by atoms with Crippen LogP contribution in [0.3, 0.4) is 0 Å². The molecule has 2 atom stereocenters. The van der Waals surface area contributed by atoms with Crippen molar-refractivity contribution in [1.29, 1.82) is 0 Å². The van der Waals surface area contributed by atoms with Crippen LogP contribution in [0.15, 0.2) is 36.5 Å². The lowest BCUT2D eigenvalue weighted by Crippen LogP contribution is -2.48. The van der Waals surface area contributed by atoms with E-state index in [2.05, 4.69) is 15.6 Å². The number of amides is 2. The Morgan fingerprint density at radius 1 is 1.21 bits per heavy atom. The number of hydrogen-bond donors (Lipinski definition) is 2. The van der Waals surface area contributed by atoms with Crippen molar-refractivity contribution in [3.05, 3.63) is 58.6 Å². The van der Waals surface area contributed by atoms with Crippen molar-refractivity contribution in [3.8, 4) is 5.75 Å². The van der Waals surface area contributed by atoms with Crippen molar-refractivity contribution in [2.75, 3.05) is 13.2 Å². The van der Waals surface area contributed by atoms with Gasteiger partial charge in [-0.25, -0.2) is 4.39 Å². The predicted octanol–water partition coefficient (Wildman–Crippen LogP) is 3.25. The lowest BCUT2D eigenvalue weighted by Gasteiger charge is -2.28. The molecule has 12 heteroatoms. The quantitative estimate of drug-likeness (QED) is 0.583. The van der Waals surface area contributed by atoms with Crippen molar-refractivity contribution < 1.29 is 36.6 Å². The molecule has 1 aromatic heterocycles. The highest BCUT2D eigenvalue weighted by Crippen LogP contribution is 2.28. The Labute approximate surface area is 191 Å². The second-order valence-corrected chi connectivity index (χ2v) is 7.69. The van der Waals surface area contributed by atoms with E-state index in [1.165, 1.54) is 18.2 Å². The first-order valence-electron chi connectivity index (χ1n) is 9.90. The molecule has 0 saturated carbocycles. The summed E-state index contributed by atoms with van der Waals surface area (Å²) < 4.78 is 61.8. The number of carbonyl (C=O) groups is 2. The van der Waals surface area contributed by atoms with Gasteiger partial charge in [-0.2, -0.15) is 13.2 Å². The maximum Gasteiger partial charge on any atom is 0.417 e. The molecule has 1 aromatic carbocycles. The molecule has 1 aliphatic rings. The number of alkyl halides is 3. The highest BCUT2D eigenvalue weighted by atomic mass is 35.5. The number of benzene rings is 1. The number of aromatic nitrogens is 1. The second-order valence-electron chi connectivity index (χ2n) is 7.28. The first-order valence-corrected chi connectivity index (χ1v) is 10.3. The van der Waals surface area contributed by atoms with E-state index >= 15 is 0 Å². The van der Waals surface area contributed by atoms with E-state index in [0.717, 1.165) is 12.1 Å². The maximum atomic E-state index is 13.4. The van der Waals surface area contributed by atoms with Gasteiger partial charge in [-0.15, -0.1) is 0 Å². The van der Waals surface area contributed by atoms with Crippen molar-refractivity contribution in [2.45, 2.75) is 37.7 Å². The van der Waals surface area contributed by atoms with Crippen LogP contribution >= 0.6 is 11.6 Å². The molecule has 0 spiro atoms. The smallest absolute Gasteiger partial charge is 0.417 e. The Kier molecular flexibility index (Phi) is 8.09. The summed E-state index contributed by atoms with van der Waals surface area (Å²) in [6.45, 7) is -0.279. The summed E-state index contributed by atoms with van der Waals surface area (Å²) in [7, 11) is 0. The predicted molar refractivity (Wildman–Crippen MR) is 109 cm³/mol. The Hall–Kier alpha value is -2.92. The lowest BCUT2D eigenvalue weighted by atomic mass is 10.0. The molecule has 2 N–H and O–H groups in total. The average molecular weight is 490 g/mol. The summed E-state index contributed by atoms with van der Waals surface area (Å²) in [5.74, 6) is -1.36. The highest BCUT2D eigenvalue weighted by Gasteiger charge is 2.31. The van der Waals surface area contributed by atoms with Crippen molar-refractivity contribution in [1.82, 2.24) is 15.6 Å². The van der Waals surface area contributed by atoms with E-state index in [1.54, 1.807) is 0 Å². The minimum Gasteiger partial charge on any atom is -0.484 e. The van der Waals surface area contributed by atoms with E-state index in [1.807, 2.05) is 0 Å². The molecule has 1 saturated heterocycles. The molecule has 0 bridgehead atoms. The molecular formula is C21H20ClF4N3O4. The molecule has 1 fully saturated rings. The molecule has 2 aromatic rings. The first kappa shape index (κ1) is 24.7. The molecule has 2 amide bonds. The third-order valence-electron chi connectivity index (χ3n) is 4.79. The van der Waals surface area contributed by atoms with Crippen LogP contribution in [-0.4, -0.2) is 42.2 Å². The molecule has 0 radical (unpaired) electrons. The monoisotopic (exact) mass is 489 g/mol. The van der Waals surface area contributed by atoms with Gasteiger partial charge in [0, 0.05) is 12.3 Å². The van der Waals surface area contributed by atoms with E-state index < -0.39 is 35.5 Å². The van der Waals surface area contributed by atoms with Gasteiger partial charge in [0.2, 0.25) is 5.91 Å². The number of nitrogens with zero attached hydrogens (tertiary/aromatic N) is 1. The average Bonchev–Trinajstić information content (AvgIpc) is 2.78. The minimum atomic E-state index is -4.48. The van der Waals surface area contributed by atoms with Crippen LogP contribution in [-0.2, 0) is 27.0 Å². The molecule has 33 heavy (non-hydrogen) atoms. The Bertz CT molecular complexity index is 980. The van der Waals surface area contributed by atoms with Gasteiger partial charge in [-0.05, 0) is 37.1 Å². The summed E-state index contributed by atoms with van der Waals surface area (Å²) in [6, 6.07) is 5.58. The van der Waals surface area contributed by atoms with Crippen LogP contribution in [0.1, 0.15) is 24.1 Å². The zero-order valence-corrected chi connectivity index (χ0v) is 17.9. The minimum absolute atomic E-state index is 0.0420. The van der Waals surface area contributed by atoms with Gasteiger partial charge in [-0.3, -0.25) is 14.6 Å². The topological polar surface area (TPSA) is 89.5 Å². The summed E-state index contributed by atoms with van der Waals surface area (Å²) in [5, 5.41) is 5.23. The summed E-state index contributed by atoms with van der Waals surface area (Å²) in [5.41, 5.74) is -0.593. The summed E-state index contributed by atoms with van der Waals surface area (Å²) in [4.78, 5) is 28.0. The van der Waals surface area contributed by atoms with Crippen LogP contribution in [0.4, 0.5) is 17.6 Å². The number of carbonyl (C=O) groups excluding carboxylic acids is 2. The molecule has 0 unspecified atom stereocenters. The van der Waals surface area contributed by atoms with Gasteiger partial charge in [0.05, 0.1) is 35.5 Å². The Morgan fingerprint density at radius 2 is 2.00 bits per heavy atom. The van der Waals surface area contributed by atoms with E-state index in [-0.39, 0.29) is 42.3 Å². The zero-order chi connectivity index (χ0) is 24.0. The van der Waals surface area contributed by atoms with Crippen LogP contribution < -0.4 is 15.4 Å². The zero-order valence-electron chi connectivity index (χ0n) is 17.1. The SMILES string of the molecule is O=C(COc1ccc(Cl)c(F)c1)N[C@H]1CC[C@H](C(=O)NCc2ccc(C(F)(F)F)cn2)OC1. The fraction of sp³-hybridized carbons (Fsp3) is 0.381. The van der Waals surface area contributed by atoms with Crippen LogP contribution in [0, 0.1) is 5.82 Å². The lowest BCUT2D eigenvalue weighted by molar-refractivity contribution is -0.138. The van der Waals surface area contributed by atoms with Crippen LogP contribution in [0.2, 0.25) is 5.02 Å². The molecule has 1 aliphatic heterocycles. The van der Waals surface area contributed by atoms with Crippen molar-refractivity contribution in [2.24, 2.45) is 0 Å². The van der Waals surface area contributed by atoms with Gasteiger partial charge in [-0.1, -0.05) is 11.6 Å². The van der Waals surface area contributed by atoms with Gasteiger partial charge >= 0.3 is 6.18 Å². The third-order valence-corrected chi connectivity index (χ3v) is 5.10. The van der Waals surface area contributed by atoms with Gasteiger partial charge in [0.25, 0.3) is 5.91 Å². The van der Waals surface area contributed by atoms with Gasteiger partial charge < -0.3 is 20.1 Å². The normalized spacial score (nSPS) is 18.5. The largest absolute Gasteiger partial charge is 0.484 e. The van der Waals surface area contributed by atoms with Crippen molar-refractivity contribution in [3.63, 3.8) is 0 Å². The van der Waals surface area contributed by atoms with Crippen LogP contribution in [0.25, 0.3) is 0 Å². The molecule has 7 nitrogen and oxygen atoms in total. The van der Waals surface area contributed by atoms with Gasteiger partial charge in [0.1, 0.15) is 17.7 Å². The number of ether oxygens (including phenoxy) is 2. The summed E-state index contributed by atoms with van der Waals surface area (Å²) >= 11 is 5.59. The number of hydrogen-bond acceptors (Lipinski definition) is 5. The molecule has 0 aliphatic carbocycles. The highest BCUT2D eigenvalue weighted by molar-refractivity contribution is 6.30. The number of nitrogens with one attached hydrogen (secondary N) is 2. The number of halogens is 5. The summed E-state index contributed by atoms with van der Waals surface area (Å²) in [6.07, 6.45) is -3.71. The number of pyridine rings is 1. The Morgan fingerprint density at radius 3 is 2.61 bits per heavy atom. The standard InChI is InChI=1S/C21H20ClF4N3O4/c22-16-5-4-15(7-17(16)23)32-11-19(30)29-14-3-6-18(33-10-14)20(31)28-9-13-2-1-12(8-27-13)21(24,25)26/h1-2,4-5,7-8,14,18H,3,6,9-11H2,(H,28,31)(H,29,30)/t14-,18+/m0/s1. The van der Waals surface area contributed by atoms with Crippen molar-refractivity contribution >= 4 is 23.4 Å². The third kappa shape index (κ3) is 7.29. The molecular weight excluding hydrogens is 470 g/mol. The first-order chi connectivity index (χ1) is 15.6. The molecule has 178 valence electrons. The maximum absolute atomic E-state index is 13.4. The van der Waals surface area contributed by atoms with Crippen LogP contribution in [0.5, 0.6) is 5.75 Å². The molecule has 3 rings (SSSR count). The fourth-order valence-corrected chi connectivity index (χ4v) is 3.16. The van der Waals surface area contributed by atoms with E-state index in [9.17, 15) is 27.2 Å². The van der Waals surface area contributed by atoms with Gasteiger partial charge in [0.15, 0.2) is 6.61 Å². The molecule has 2 heterocycles.